The van der Waals surface area contributed by atoms with Crippen LogP contribution in [-0.2, 0) is 0 Å². The van der Waals surface area contributed by atoms with Gasteiger partial charge in [-0.2, -0.15) is 5.26 Å². The molecule has 1 aliphatic heterocycles. The predicted octanol–water partition coefficient (Wildman–Crippen LogP) is 1.79. The highest BCUT2D eigenvalue weighted by Gasteiger charge is 2.21. The first-order valence-corrected chi connectivity index (χ1v) is 7.99. The molecule has 1 atom stereocenters. The highest BCUT2D eigenvalue weighted by molar-refractivity contribution is 5.44. The zero-order chi connectivity index (χ0) is 16.1. The fraction of sp³-hybridized carbons (Fsp3) is 0.647. The van der Waals surface area contributed by atoms with Crippen molar-refractivity contribution < 1.29 is 5.11 Å². The Hall–Kier alpha value is -1.64. The third-order valence-corrected chi connectivity index (χ3v) is 4.34. The first-order valence-electron chi connectivity index (χ1n) is 7.99. The highest BCUT2D eigenvalue weighted by atomic mass is 16.3. The molecule has 0 radical (unpaired) electrons. The maximum Gasteiger partial charge on any atom is 0.145 e. The van der Waals surface area contributed by atoms with Crippen LogP contribution in [0.25, 0.3) is 0 Å². The minimum Gasteiger partial charge on any atom is -0.392 e. The minimum atomic E-state index is -0.250. The fourth-order valence-corrected chi connectivity index (χ4v) is 3.05. The van der Waals surface area contributed by atoms with Crippen LogP contribution in [0.5, 0.6) is 0 Å². The number of pyridine rings is 1. The molecule has 0 saturated carbocycles. The number of aryl methyl sites for hydroxylation is 1. The molecule has 1 aromatic rings. The molecule has 1 aliphatic rings. The van der Waals surface area contributed by atoms with Crippen molar-refractivity contribution in [2.45, 2.75) is 32.8 Å². The van der Waals surface area contributed by atoms with E-state index in [0.717, 1.165) is 50.4 Å². The fourth-order valence-electron chi connectivity index (χ4n) is 3.05. The quantitative estimate of drug-likeness (QED) is 0.898. The van der Waals surface area contributed by atoms with Gasteiger partial charge < -0.3 is 14.9 Å². The molecule has 0 spiro atoms. The summed E-state index contributed by atoms with van der Waals surface area (Å²) in [6.07, 6.45) is 2.04. The summed E-state index contributed by atoms with van der Waals surface area (Å²) < 4.78 is 0. The number of nitrogens with zero attached hydrogens (tertiary/aromatic N) is 4. The summed E-state index contributed by atoms with van der Waals surface area (Å²) in [6.45, 7) is 7.59. The molecule has 120 valence electrons. The van der Waals surface area contributed by atoms with Gasteiger partial charge in [0.25, 0.3) is 0 Å². The van der Waals surface area contributed by atoms with Crippen molar-refractivity contribution in [3.05, 3.63) is 23.4 Å². The van der Waals surface area contributed by atoms with Crippen molar-refractivity contribution in [3.8, 4) is 6.07 Å². The molecule has 1 N–H and O–H groups in total. The number of aliphatic hydroxyl groups is 1. The third-order valence-electron chi connectivity index (χ3n) is 4.34. The molecule has 0 bridgehead atoms. The standard InChI is InChI=1S/C17H26N4O/c1-13-4-5-17(19-16(13)10-18)20(3)12-15-6-8-21(9-7-15)11-14(2)22/h4-5,14-15,22H,6-9,11-12H2,1-3H3. The van der Waals surface area contributed by atoms with E-state index in [1.165, 1.54) is 0 Å². The Morgan fingerprint density at radius 1 is 1.45 bits per heavy atom. The molecular weight excluding hydrogens is 276 g/mol. The molecule has 2 heterocycles. The van der Waals surface area contributed by atoms with Gasteiger partial charge in [-0.25, -0.2) is 4.98 Å². The van der Waals surface area contributed by atoms with Crippen LogP contribution >= 0.6 is 0 Å². The number of hydrogen-bond acceptors (Lipinski definition) is 5. The maximum absolute atomic E-state index is 9.45. The van der Waals surface area contributed by atoms with Crippen LogP contribution < -0.4 is 4.90 Å². The molecule has 5 nitrogen and oxygen atoms in total. The number of anilines is 1. The van der Waals surface area contributed by atoms with E-state index in [0.29, 0.717) is 11.6 Å². The lowest BCUT2D eigenvalue weighted by molar-refractivity contribution is 0.101. The zero-order valence-electron chi connectivity index (χ0n) is 13.8. The molecule has 0 amide bonds. The van der Waals surface area contributed by atoms with Crippen molar-refractivity contribution >= 4 is 5.82 Å². The second-order valence-corrected chi connectivity index (χ2v) is 6.42. The summed E-state index contributed by atoms with van der Waals surface area (Å²) in [5.41, 5.74) is 1.43. The third kappa shape index (κ3) is 4.43. The Labute approximate surface area is 133 Å². The molecule has 5 heteroatoms. The van der Waals surface area contributed by atoms with E-state index in [4.69, 9.17) is 5.26 Å². The van der Waals surface area contributed by atoms with E-state index in [9.17, 15) is 5.11 Å². The molecule has 1 fully saturated rings. The molecule has 22 heavy (non-hydrogen) atoms. The number of hydrogen-bond donors (Lipinski definition) is 1. The zero-order valence-corrected chi connectivity index (χ0v) is 13.8. The van der Waals surface area contributed by atoms with E-state index in [2.05, 4.69) is 20.9 Å². The molecule has 1 aromatic heterocycles. The van der Waals surface area contributed by atoms with Gasteiger partial charge in [0.1, 0.15) is 17.6 Å². The summed E-state index contributed by atoms with van der Waals surface area (Å²) in [7, 11) is 2.04. The summed E-state index contributed by atoms with van der Waals surface area (Å²) in [5.74, 6) is 1.51. The monoisotopic (exact) mass is 302 g/mol. The van der Waals surface area contributed by atoms with Crippen LogP contribution in [0, 0.1) is 24.2 Å². The van der Waals surface area contributed by atoms with Crippen LogP contribution in [0.4, 0.5) is 5.82 Å². The van der Waals surface area contributed by atoms with Gasteiger partial charge in [0.05, 0.1) is 6.10 Å². The predicted molar refractivity (Wildman–Crippen MR) is 87.8 cm³/mol. The van der Waals surface area contributed by atoms with Gasteiger partial charge in [-0.1, -0.05) is 6.07 Å². The molecule has 0 aliphatic carbocycles. The normalized spacial score (nSPS) is 18.0. The Morgan fingerprint density at radius 3 is 2.73 bits per heavy atom. The molecule has 1 unspecified atom stereocenters. The molecule has 0 aromatic carbocycles. The summed E-state index contributed by atoms with van der Waals surface area (Å²) in [4.78, 5) is 8.91. The van der Waals surface area contributed by atoms with E-state index in [-0.39, 0.29) is 6.10 Å². The molecule has 2 rings (SSSR count). The van der Waals surface area contributed by atoms with Crippen molar-refractivity contribution in [3.63, 3.8) is 0 Å². The van der Waals surface area contributed by atoms with Gasteiger partial charge in [0.2, 0.25) is 0 Å². The van der Waals surface area contributed by atoms with Crippen molar-refractivity contribution in [1.82, 2.24) is 9.88 Å². The Bertz CT molecular complexity index is 530. The Morgan fingerprint density at radius 2 is 2.14 bits per heavy atom. The molecule has 1 saturated heterocycles. The van der Waals surface area contributed by atoms with Crippen LogP contribution in [-0.4, -0.2) is 54.3 Å². The van der Waals surface area contributed by atoms with E-state index < -0.39 is 0 Å². The summed E-state index contributed by atoms with van der Waals surface area (Å²) in [5, 5.41) is 18.5. The van der Waals surface area contributed by atoms with Crippen LogP contribution in [0.15, 0.2) is 12.1 Å². The topological polar surface area (TPSA) is 63.4 Å². The minimum absolute atomic E-state index is 0.250. The Kier molecular flexibility index (Phi) is 5.76. The van der Waals surface area contributed by atoms with Crippen LogP contribution in [0.1, 0.15) is 31.0 Å². The number of likely N-dealkylation sites (tertiary alicyclic amines) is 1. The first-order chi connectivity index (χ1) is 10.5. The number of piperidine rings is 1. The van der Waals surface area contributed by atoms with Gasteiger partial charge in [-0.05, 0) is 57.3 Å². The lowest BCUT2D eigenvalue weighted by Gasteiger charge is -2.34. The smallest absolute Gasteiger partial charge is 0.145 e. The number of aromatic nitrogens is 1. The van der Waals surface area contributed by atoms with Crippen LogP contribution in [0.2, 0.25) is 0 Å². The van der Waals surface area contributed by atoms with Crippen molar-refractivity contribution in [2.24, 2.45) is 5.92 Å². The number of β-amino-alcohol motifs (C(OH)–C–C–N with tert-alkyl or cyclic N) is 1. The SMILES string of the molecule is Cc1ccc(N(C)CC2CCN(CC(C)O)CC2)nc1C#N. The first kappa shape index (κ1) is 16.7. The van der Waals surface area contributed by atoms with Crippen molar-refractivity contribution in [1.29, 1.82) is 5.26 Å². The van der Waals surface area contributed by atoms with E-state index in [1.807, 2.05) is 33.0 Å². The van der Waals surface area contributed by atoms with Crippen molar-refractivity contribution in [2.75, 3.05) is 38.1 Å². The van der Waals surface area contributed by atoms with Gasteiger partial charge in [0.15, 0.2) is 0 Å². The van der Waals surface area contributed by atoms with E-state index in [1.54, 1.807) is 0 Å². The number of rotatable bonds is 5. The molecular formula is C17H26N4O. The summed E-state index contributed by atoms with van der Waals surface area (Å²) in [6, 6.07) is 6.10. The Balaban J connectivity index is 1.88. The highest BCUT2D eigenvalue weighted by Crippen LogP contribution is 2.21. The van der Waals surface area contributed by atoms with Gasteiger partial charge in [-0.15, -0.1) is 0 Å². The van der Waals surface area contributed by atoms with Gasteiger partial charge in [0, 0.05) is 20.1 Å². The van der Waals surface area contributed by atoms with Gasteiger partial charge in [-0.3, -0.25) is 0 Å². The largest absolute Gasteiger partial charge is 0.392 e. The average Bonchev–Trinajstić information content (AvgIpc) is 2.49. The maximum atomic E-state index is 9.45. The summed E-state index contributed by atoms with van der Waals surface area (Å²) >= 11 is 0. The average molecular weight is 302 g/mol. The van der Waals surface area contributed by atoms with Gasteiger partial charge >= 0.3 is 0 Å². The number of nitriles is 1. The second-order valence-electron chi connectivity index (χ2n) is 6.42. The lowest BCUT2D eigenvalue weighted by atomic mass is 9.96. The van der Waals surface area contributed by atoms with E-state index >= 15 is 0 Å². The number of aliphatic hydroxyl groups excluding tert-OH is 1. The second kappa shape index (κ2) is 7.57. The lowest BCUT2D eigenvalue weighted by Crippen LogP contribution is -2.40. The van der Waals surface area contributed by atoms with Crippen LogP contribution in [0.3, 0.4) is 0 Å².